The van der Waals surface area contributed by atoms with Crippen molar-refractivity contribution in [2.45, 2.75) is 24.5 Å². The molecule has 0 saturated heterocycles. The summed E-state index contributed by atoms with van der Waals surface area (Å²) in [6.45, 7) is 2.06. The molecule has 0 spiro atoms. The molecule has 0 aliphatic heterocycles. The highest BCUT2D eigenvalue weighted by Gasteiger charge is 2.49. The Morgan fingerprint density at radius 3 is 2.71 bits per heavy atom. The molecule has 21 heavy (non-hydrogen) atoms. The van der Waals surface area contributed by atoms with Gasteiger partial charge in [0.15, 0.2) is 0 Å². The SMILES string of the molecule is CSC1(C(=O)Nc2cc(-c3ccccc3C)nn2C)CC1. The molecule has 1 aromatic carbocycles. The number of benzene rings is 1. The van der Waals surface area contributed by atoms with E-state index < -0.39 is 0 Å². The summed E-state index contributed by atoms with van der Waals surface area (Å²) < 4.78 is 1.52. The molecule has 0 unspecified atom stereocenters. The number of aryl methyl sites for hydroxylation is 2. The van der Waals surface area contributed by atoms with Crippen molar-refractivity contribution >= 4 is 23.5 Å². The van der Waals surface area contributed by atoms with Crippen molar-refractivity contribution in [3.05, 3.63) is 35.9 Å². The van der Waals surface area contributed by atoms with Crippen molar-refractivity contribution in [1.29, 1.82) is 0 Å². The number of nitrogens with zero attached hydrogens (tertiary/aromatic N) is 2. The van der Waals surface area contributed by atoms with E-state index in [4.69, 9.17) is 0 Å². The van der Waals surface area contributed by atoms with E-state index >= 15 is 0 Å². The van der Waals surface area contributed by atoms with Gasteiger partial charge in [-0.25, -0.2) is 0 Å². The molecule has 1 saturated carbocycles. The summed E-state index contributed by atoms with van der Waals surface area (Å²) in [5.41, 5.74) is 3.16. The lowest BCUT2D eigenvalue weighted by atomic mass is 10.1. The van der Waals surface area contributed by atoms with E-state index in [1.165, 1.54) is 5.56 Å². The van der Waals surface area contributed by atoms with Crippen molar-refractivity contribution in [3.8, 4) is 11.3 Å². The Bertz CT molecular complexity index is 689. The molecular weight excluding hydrogens is 282 g/mol. The maximum Gasteiger partial charge on any atom is 0.241 e. The summed E-state index contributed by atoms with van der Waals surface area (Å²) in [5, 5.41) is 7.53. The summed E-state index contributed by atoms with van der Waals surface area (Å²) in [5.74, 6) is 0.841. The molecule has 2 aromatic rings. The highest BCUT2D eigenvalue weighted by molar-refractivity contribution is 8.01. The molecule has 1 heterocycles. The van der Waals surface area contributed by atoms with Crippen molar-refractivity contribution in [1.82, 2.24) is 9.78 Å². The lowest BCUT2D eigenvalue weighted by Crippen LogP contribution is -2.27. The fourth-order valence-electron chi connectivity index (χ4n) is 2.44. The van der Waals surface area contributed by atoms with E-state index in [9.17, 15) is 4.79 Å². The largest absolute Gasteiger partial charge is 0.310 e. The van der Waals surface area contributed by atoms with Crippen molar-refractivity contribution in [2.75, 3.05) is 11.6 Å². The van der Waals surface area contributed by atoms with Crippen LogP contribution in [0.4, 0.5) is 5.82 Å². The third kappa shape index (κ3) is 2.58. The fourth-order valence-corrected chi connectivity index (χ4v) is 3.19. The first-order valence-corrected chi connectivity index (χ1v) is 8.25. The maximum absolute atomic E-state index is 12.3. The zero-order valence-electron chi connectivity index (χ0n) is 12.5. The first-order valence-electron chi connectivity index (χ1n) is 7.02. The Hall–Kier alpha value is -1.75. The molecular formula is C16H19N3OS. The Morgan fingerprint density at radius 2 is 2.10 bits per heavy atom. The van der Waals surface area contributed by atoms with E-state index in [2.05, 4.69) is 23.4 Å². The number of carbonyl (C=O) groups excluding carboxylic acids is 1. The van der Waals surface area contributed by atoms with Gasteiger partial charge in [-0.1, -0.05) is 24.3 Å². The van der Waals surface area contributed by atoms with Gasteiger partial charge in [0.1, 0.15) is 5.82 Å². The van der Waals surface area contributed by atoms with E-state index in [1.807, 2.05) is 37.6 Å². The van der Waals surface area contributed by atoms with E-state index in [0.717, 1.165) is 29.9 Å². The van der Waals surface area contributed by atoms with Crippen LogP contribution >= 0.6 is 11.8 Å². The van der Waals surface area contributed by atoms with E-state index in [1.54, 1.807) is 16.4 Å². The normalized spacial score (nSPS) is 15.8. The van der Waals surface area contributed by atoms with Crippen molar-refractivity contribution < 1.29 is 4.79 Å². The second kappa shape index (κ2) is 5.22. The van der Waals surface area contributed by atoms with Gasteiger partial charge in [0.2, 0.25) is 5.91 Å². The minimum Gasteiger partial charge on any atom is -0.310 e. The average molecular weight is 301 g/mol. The van der Waals surface area contributed by atoms with Gasteiger partial charge in [0, 0.05) is 18.7 Å². The number of hydrogen-bond acceptors (Lipinski definition) is 3. The smallest absolute Gasteiger partial charge is 0.241 e. The molecule has 110 valence electrons. The molecule has 1 fully saturated rings. The Kier molecular flexibility index (Phi) is 3.53. The molecule has 1 N–H and O–H groups in total. The quantitative estimate of drug-likeness (QED) is 0.943. The second-order valence-electron chi connectivity index (χ2n) is 5.51. The first-order chi connectivity index (χ1) is 10.1. The van der Waals surface area contributed by atoms with Gasteiger partial charge >= 0.3 is 0 Å². The van der Waals surface area contributed by atoms with Crippen LogP contribution in [0.1, 0.15) is 18.4 Å². The van der Waals surface area contributed by atoms with Crippen LogP contribution in [0.15, 0.2) is 30.3 Å². The number of hydrogen-bond donors (Lipinski definition) is 1. The van der Waals surface area contributed by atoms with E-state index in [0.29, 0.717) is 0 Å². The van der Waals surface area contributed by atoms with E-state index in [-0.39, 0.29) is 10.7 Å². The maximum atomic E-state index is 12.3. The lowest BCUT2D eigenvalue weighted by Gasteiger charge is -2.11. The number of nitrogens with one attached hydrogen (secondary N) is 1. The minimum absolute atomic E-state index is 0.0920. The van der Waals surface area contributed by atoms with Gasteiger partial charge in [-0.3, -0.25) is 9.48 Å². The van der Waals surface area contributed by atoms with Crippen molar-refractivity contribution in [2.24, 2.45) is 7.05 Å². The predicted octanol–water partition coefficient (Wildman–Crippen LogP) is 3.23. The summed E-state index contributed by atoms with van der Waals surface area (Å²) in [4.78, 5) is 12.3. The van der Waals surface area contributed by atoms with Crippen LogP contribution in [0.5, 0.6) is 0 Å². The third-order valence-corrected chi connectivity index (χ3v) is 5.43. The van der Waals surface area contributed by atoms with Crippen LogP contribution in [0, 0.1) is 6.92 Å². The highest BCUT2D eigenvalue weighted by Crippen LogP contribution is 2.47. The summed E-state index contributed by atoms with van der Waals surface area (Å²) >= 11 is 1.64. The van der Waals surface area contributed by atoms with Crippen LogP contribution in [0.25, 0.3) is 11.3 Å². The number of anilines is 1. The zero-order valence-corrected chi connectivity index (χ0v) is 13.3. The van der Waals surface area contributed by atoms with Crippen LogP contribution in [0.3, 0.4) is 0 Å². The third-order valence-electron chi connectivity index (χ3n) is 4.05. The minimum atomic E-state index is -0.215. The molecule has 1 aliphatic rings. The summed E-state index contributed by atoms with van der Waals surface area (Å²) in [6, 6.07) is 10.1. The van der Waals surface area contributed by atoms with Gasteiger partial charge < -0.3 is 5.32 Å². The van der Waals surface area contributed by atoms with Crippen LogP contribution in [0.2, 0.25) is 0 Å². The van der Waals surface area contributed by atoms with Crippen LogP contribution in [-0.2, 0) is 11.8 Å². The standard InChI is InChI=1S/C16H19N3OS/c1-11-6-4-5-7-12(11)13-10-14(19(2)18-13)17-15(20)16(21-3)8-9-16/h4-7,10H,8-9H2,1-3H3,(H,17,20). The number of rotatable bonds is 4. The van der Waals surface area contributed by atoms with Crippen molar-refractivity contribution in [3.63, 3.8) is 0 Å². The molecule has 1 aromatic heterocycles. The summed E-state index contributed by atoms with van der Waals surface area (Å²) in [7, 11) is 1.86. The monoisotopic (exact) mass is 301 g/mol. The van der Waals surface area contributed by atoms with Crippen LogP contribution < -0.4 is 5.32 Å². The number of amides is 1. The van der Waals surface area contributed by atoms with Gasteiger partial charge in [0.25, 0.3) is 0 Å². The predicted molar refractivity (Wildman–Crippen MR) is 87.5 cm³/mol. The van der Waals surface area contributed by atoms with Gasteiger partial charge in [-0.15, -0.1) is 11.8 Å². The Balaban J connectivity index is 1.85. The van der Waals surface area contributed by atoms with Gasteiger partial charge in [-0.2, -0.15) is 5.10 Å². The molecule has 0 atom stereocenters. The first kappa shape index (κ1) is 14.2. The molecule has 3 rings (SSSR count). The molecule has 5 heteroatoms. The number of aromatic nitrogens is 2. The van der Waals surface area contributed by atoms with Gasteiger partial charge in [0.05, 0.1) is 10.4 Å². The van der Waals surface area contributed by atoms with Crippen LogP contribution in [-0.4, -0.2) is 26.7 Å². The summed E-state index contributed by atoms with van der Waals surface area (Å²) in [6.07, 6.45) is 3.92. The molecule has 0 radical (unpaired) electrons. The average Bonchev–Trinajstić information content (AvgIpc) is 3.20. The Morgan fingerprint density at radius 1 is 1.38 bits per heavy atom. The fraction of sp³-hybridized carbons (Fsp3) is 0.375. The zero-order chi connectivity index (χ0) is 15.0. The molecule has 0 bridgehead atoms. The topological polar surface area (TPSA) is 46.9 Å². The molecule has 1 amide bonds. The number of thioether (sulfide) groups is 1. The number of carbonyl (C=O) groups is 1. The second-order valence-corrected chi connectivity index (χ2v) is 6.70. The highest BCUT2D eigenvalue weighted by atomic mass is 32.2. The molecule has 1 aliphatic carbocycles. The lowest BCUT2D eigenvalue weighted by molar-refractivity contribution is -0.116. The molecule has 4 nitrogen and oxygen atoms in total. The van der Waals surface area contributed by atoms with Gasteiger partial charge in [-0.05, 0) is 31.6 Å². The Labute approximate surface area is 128 Å².